The zero-order valence-corrected chi connectivity index (χ0v) is 29.3. The summed E-state index contributed by atoms with van der Waals surface area (Å²) in [6.07, 6.45) is -8.21. The number of carbonyl (C=O) groups is 2. The largest absolute Gasteiger partial charge is 0.477 e. The monoisotopic (exact) mass is 782 g/mol. The Balaban J connectivity index is 0.000000280. The number of nitrogen functional groups attached to an aromatic ring is 2. The number of nitrogens with two attached hydrogens (primary N) is 2. The molecule has 14 nitrogen and oxygen atoms in total. The van der Waals surface area contributed by atoms with Gasteiger partial charge in [0.1, 0.15) is 22.8 Å². The minimum atomic E-state index is -4.74. The average Bonchev–Trinajstić information content (AvgIpc) is 3.62. The molecule has 4 rings (SSSR count). The molecule has 4 aromatic rings. The number of sulfone groups is 2. The van der Waals surface area contributed by atoms with Crippen LogP contribution in [0.1, 0.15) is 65.2 Å². The van der Waals surface area contributed by atoms with Gasteiger partial charge in [-0.05, 0) is 49.7 Å². The number of hydrogen-bond acceptors (Lipinski definition) is 11. The Morgan fingerprint density at radius 1 is 0.788 bits per heavy atom. The van der Waals surface area contributed by atoms with Crippen molar-refractivity contribution in [2.45, 2.75) is 56.3 Å². The van der Waals surface area contributed by atoms with Gasteiger partial charge in [0.2, 0.25) is 0 Å². The number of carbonyl (C=O) groups excluding carboxylic acids is 1. The quantitative estimate of drug-likeness (QED) is 0.143. The van der Waals surface area contributed by atoms with Crippen LogP contribution in [0.25, 0.3) is 11.4 Å². The molecule has 0 atom stereocenters. The predicted molar refractivity (Wildman–Crippen MR) is 174 cm³/mol. The molecule has 0 saturated carbocycles. The van der Waals surface area contributed by atoms with E-state index in [0.29, 0.717) is 18.2 Å². The normalized spacial score (nSPS) is 12.3. The fraction of sp³-hybridized carbons (Fsp3) is 0.333. The van der Waals surface area contributed by atoms with Crippen LogP contribution < -0.4 is 11.5 Å². The van der Waals surface area contributed by atoms with Crippen molar-refractivity contribution in [2.75, 3.05) is 29.6 Å². The van der Waals surface area contributed by atoms with Crippen molar-refractivity contribution in [3.63, 3.8) is 0 Å². The van der Waals surface area contributed by atoms with E-state index in [4.69, 9.17) is 16.2 Å². The number of carboxylic acids is 1. The summed E-state index contributed by atoms with van der Waals surface area (Å²) >= 11 is 0. The van der Waals surface area contributed by atoms with Gasteiger partial charge in [-0.25, -0.2) is 35.8 Å². The first-order chi connectivity index (χ1) is 24.0. The first kappa shape index (κ1) is 41.3. The van der Waals surface area contributed by atoms with E-state index < -0.39 is 76.4 Å². The molecular weight excluding hydrogens is 750 g/mol. The third-order valence-electron chi connectivity index (χ3n) is 7.31. The molecule has 0 aliphatic carbocycles. The van der Waals surface area contributed by atoms with Crippen molar-refractivity contribution in [3.8, 4) is 11.4 Å². The molecule has 22 heteroatoms. The molecule has 2 heterocycles. The highest BCUT2D eigenvalue weighted by Gasteiger charge is 2.35. The highest BCUT2D eigenvalue weighted by atomic mass is 32.2. The zero-order chi connectivity index (χ0) is 39.6. The first-order valence-electron chi connectivity index (χ1n) is 15.0. The maximum Gasteiger partial charge on any atom is 0.416 e. The lowest BCUT2D eigenvalue weighted by Gasteiger charge is -2.14. The molecule has 52 heavy (non-hydrogen) atoms. The van der Waals surface area contributed by atoms with Crippen molar-refractivity contribution in [1.82, 2.24) is 19.6 Å². The molecule has 5 N–H and O–H groups in total. The van der Waals surface area contributed by atoms with Gasteiger partial charge in [-0.3, -0.25) is 0 Å². The molecule has 0 fully saturated rings. The molecule has 0 radical (unpaired) electrons. The summed E-state index contributed by atoms with van der Waals surface area (Å²) < 4.78 is 134. The summed E-state index contributed by atoms with van der Waals surface area (Å²) in [5, 5.41) is 17.1. The van der Waals surface area contributed by atoms with Gasteiger partial charge in [-0.1, -0.05) is 20.8 Å². The van der Waals surface area contributed by atoms with E-state index in [1.807, 2.05) is 0 Å². The van der Waals surface area contributed by atoms with E-state index in [1.165, 1.54) is 13.8 Å². The number of aromatic nitrogens is 4. The van der Waals surface area contributed by atoms with E-state index in [2.05, 4.69) is 10.2 Å². The van der Waals surface area contributed by atoms with Crippen LogP contribution in [-0.4, -0.2) is 71.6 Å². The van der Waals surface area contributed by atoms with E-state index in [9.17, 15) is 57.9 Å². The number of nitrogens with zero attached hydrogens (tertiary/aromatic N) is 4. The smallest absolute Gasteiger partial charge is 0.416 e. The standard InChI is InChI=1S/2C15H16F3N3O4S/c1-3-25-14(22)10-8-20-21(13(10)19)11-6-5-9(15(16,17)18)7-12(11)26(23,24)4-2;1-3-9-12(14(22)23)13(19)21(20-9)10-6-5-8(15(16,17)18)7-11(10)26(24,25)4-2/h5-8H,3-4,19H2,1-2H3;5-7H,3-4,19H2,1-2H3,(H,22,23). The van der Waals surface area contributed by atoms with Crippen LogP contribution in [0.2, 0.25) is 0 Å². The Morgan fingerprint density at radius 2 is 1.25 bits per heavy atom. The number of rotatable bonds is 10. The Labute approximate surface area is 292 Å². The fourth-order valence-corrected chi connectivity index (χ4v) is 6.78. The summed E-state index contributed by atoms with van der Waals surface area (Å²) in [4.78, 5) is 22.0. The van der Waals surface area contributed by atoms with Gasteiger partial charge in [-0.2, -0.15) is 36.5 Å². The van der Waals surface area contributed by atoms with Gasteiger partial charge in [0.05, 0.1) is 62.3 Å². The Kier molecular flexibility index (Phi) is 12.1. The van der Waals surface area contributed by atoms with Crippen molar-refractivity contribution >= 4 is 43.2 Å². The van der Waals surface area contributed by atoms with Crippen LogP contribution in [0.5, 0.6) is 0 Å². The molecule has 0 unspecified atom stereocenters. The second kappa shape index (κ2) is 15.2. The SMILES string of the molecule is CCOC(=O)c1cnn(-c2ccc(C(F)(F)F)cc2S(=O)(=O)CC)c1N.CCc1nn(-c2ccc(C(F)(F)F)cc2S(=O)(=O)CC)c(N)c1C(=O)O. The van der Waals surface area contributed by atoms with Crippen LogP contribution in [0.15, 0.2) is 52.4 Å². The third-order valence-corrected chi connectivity index (χ3v) is 10.8. The number of hydrogen-bond donors (Lipinski definition) is 3. The molecule has 0 bridgehead atoms. The number of carboxylic acid groups (broad SMARTS) is 1. The average molecular weight is 783 g/mol. The number of halogens is 6. The van der Waals surface area contributed by atoms with Crippen molar-refractivity contribution in [2.24, 2.45) is 0 Å². The van der Waals surface area contributed by atoms with Crippen LogP contribution in [-0.2, 0) is 43.2 Å². The second-order valence-electron chi connectivity index (χ2n) is 10.5. The van der Waals surface area contributed by atoms with E-state index in [1.54, 1.807) is 13.8 Å². The number of alkyl halides is 6. The molecule has 0 aliphatic heterocycles. The lowest BCUT2D eigenvalue weighted by Crippen LogP contribution is -2.15. The Bertz CT molecular complexity index is 2210. The number of anilines is 2. The molecule has 0 amide bonds. The molecule has 2 aromatic heterocycles. The van der Waals surface area contributed by atoms with Crippen LogP contribution in [0.4, 0.5) is 38.0 Å². The van der Waals surface area contributed by atoms with Gasteiger partial charge in [0.25, 0.3) is 0 Å². The highest BCUT2D eigenvalue weighted by molar-refractivity contribution is 7.91. The van der Waals surface area contributed by atoms with Crippen molar-refractivity contribution in [1.29, 1.82) is 0 Å². The predicted octanol–water partition coefficient (Wildman–Crippen LogP) is 4.97. The fourth-order valence-electron chi connectivity index (χ4n) is 4.60. The minimum absolute atomic E-state index is 0.0825. The molecule has 0 spiro atoms. The topological polar surface area (TPSA) is 220 Å². The number of benzene rings is 2. The van der Waals surface area contributed by atoms with Crippen molar-refractivity contribution < 1.29 is 62.6 Å². The van der Waals surface area contributed by atoms with Crippen LogP contribution >= 0.6 is 0 Å². The lowest BCUT2D eigenvalue weighted by molar-refractivity contribution is -0.138. The van der Waals surface area contributed by atoms with Gasteiger partial charge in [-0.15, -0.1) is 0 Å². The first-order valence-corrected chi connectivity index (χ1v) is 18.3. The maximum absolute atomic E-state index is 13.0. The van der Waals surface area contributed by atoms with Crippen LogP contribution in [0, 0.1) is 0 Å². The summed E-state index contributed by atoms with van der Waals surface area (Å²) in [5.74, 6) is -3.61. The van der Waals surface area contributed by atoms with E-state index in [-0.39, 0.29) is 52.9 Å². The van der Waals surface area contributed by atoms with Crippen LogP contribution in [0.3, 0.4) is 0 Å². The van der Waals surface area contributed by atoms with Crippen molar-refractivity contribution in [3.05, 3.63) is 70.5 Å². The third kappa shape index (κ3) is 8.49. The summed E-state index contributed by atoms with van der Waals surface area (Å²) in [5.41, 5.74) is 8.59. The molecule has 0 saturated heterocycles. The highest BCUT2D eigenvalue weighted by Crippen LogP contribution is 2.36. The number of esters is 1. The maximum atomic E-state index is 13.0. The molecule has 284 valence electrons. The van der Waals surface area contributed by atoms with Gasteiger partial charge in [0.15, 0.2) is 19.7 Å². The molecule has 2 aromatic carbocycles. The van der Waals surface area contributed by atoms with E-state index in [0.717, 1.165) is 33.8 Å². The summed E-state index contributed by atoms with van der Waals surface area (Å²) in [6.45, 7) is 5.87. The summed E-state index contributed by atoms with van der Waals surface area (Å²) in [6, 6.07) is 4.30. The zero-order valence-electron chi connectivity index (χ0n) is 27.7. The van der Waals surface area contributed by atoms with E-state index >= 15 is 0 Å². The summed E-state index contributed by atoms with van der Waals surface area (Å²) in [7, 11) is -8.10. The van der Waals surface area contributed by atoms with Gasteiger partial charge >= 0.3 is 24.3 Å². The minimum Gasteiger partial charge on any atom is -0.477 e. The number of aryl methyl sites for hydroxylation is 1. The van der Waals surface area contributed by atoms with Gasteiger partial charge < -0.3 is 21.3 Å². The Hall–Kier alpha value is -5.12. The Morgan fingerprint density at radius 3 is 1.62 bits per heavy atom. The molecular formula is C30H32F6N6O8S2. The second-order valence-corrected chi connectivity index (χ2v) is 15.0. The lowest BCUT2D eigenvalue weighted by atomic mass is 10.2. The number of ether oxygens (including phenoxy) is 1. The van der Waals surface area contributed by atoms with Gasteiger partial charge in [0, 0.05) is 0 Å². The number of aromatic carboxylic acids is 1. The molecule has 0 aliphatic rings.